The number of benzene rings is 1. The van der Waals surface area contributed by atoms with E-state index in [1.54, 1.807) is 6.07 Å². The quantitative estimate of drug-likeness (QED) is 0.432. The Balaban J connectivity index is 1.68. The highest BCUT2D eigenvalue weighted by Gasteiger charge is 2.13. The molecule has 1 amide bonds. The van der Waals surface area contributed by atoms with Crippen molar-refractivity contribution < 1.29 is 23.9 Å². The van der Waals surface area contributed by atoms with Gasteiger partial charge in [0.15, 0.2) is 17.3 Å². The van der Waals surface area contributed by atoms with Crippen molar-refractivity contribution >= 4 is 28.8 Å². The van der Waals surface area contributed by atoms with E-state index in [9.17, 15) is 14.4 Å². The lowest BCUT2D eigenvalue weighted by molar-refractivity contribution is -0.125. The van der Waals surface area contributed by atoms with Crippen LogP contribution in [0.5, 0.6) is 11.5 Å². The van der Waals surface area contributed by atoms with Gasteiger partial charge in [0.05, 0.1) is 18.1 Å². The first-order valence-electron chi connectivity index (χ1n) is 10.7. The Kier molecular flexibility index (Phi) is 10.2. The van der Waals surface area contributed by atoms with Crippen molar-refractivity contribution in [1.82, 2.24) is 5.32 Å². The number of thiophene rings is 1. The van der Waals surface area contributed by atoms with Gasteiger partial charge in [-0.25, -0.2) is 0 Å². The van der Waals surface area contributed by atoms with E-state index < -0.39 is 0 Å². The SMILES string of the molecule is CCOc1ccc(CCNC(=O)CCC(=O)CCC(=O)c2ccc(C)s2)cc1OCC. The van der Waals surface area contributed by atoms with Gasteiger partial charge in [0.2, 0.25) is 5.91 Å². The minimum atomic E-state index is -0.162. The number of nitrogens with one attached hydrogen (secondary N) is 1. The number of carbonyl (C=O) groups excluding carboxylic acids is 3. The van der Waals surface area contributed by atoms with Crippen LogP contribution in [0.2, 0.25) is 0 Å². The molecule has 0 spiro atoms. The average Bonchev–Trinajstić information content (AvgIpc) is 3.19. The second kappa shape index (κ2) is 12.9. The lowest BCUT2D eigenvalue weighted by atomic mass is 10.1. The van der Waals surface area contributed by atoms with E-state index >= 15 is 0 Å². The summed E-state index contributed by atoms with van der Waals surface area (Å²) in [6.07, 6.45) is 1.31. The molecule has 0 fully saturated rings. The van der Waals surface area contributed by atoms with Crippen LogP contribution < -0.4 is 14.8 Å². The second-order valence-corrected chi connectivity index (χ2v) is 8.41. The van der Waals surface area contributed by atoms with Gasteiger partial charge < -0.3 is 14.8 Å². The molecule has 0 aliphatic carbocycles. The summed E-state index contributed by atoms with van der Waals surface area (Å²) in [4.78, 5) is 37.9. The normalized spacial score (nSPS) is 10.5. The largest absolute Gasteiger partial charge is 0.490 e. The van der Waals surface area contributed by atoms with Crippen molar-refractivity contribution in [2.24, 2.45) is 0 Å². The van der Waals surface area contributed by atoms with Crippen LogP contribution in [0.25, 0.3) is 0 Å². The lowest BCUT2D eigenvalue weighted by Crippen LogP contribution is -2.26. The third-order valence-corrected chi connectivity index (χ3v) is 5.66. The molecule has 0 aliphatic rings. The van der Waals surface area contributed by atoms with Crippen LogP contribution in [0, 0.1) is 6.92 Å². The average molecular weight is 446 g/mol. The van der Waals surface area contributed by atoms with Gasteiger partial charge in [-0.05, 0) is 57.0 Å². The van der Waals surface area contributed by atoms with Crippen molar-refractivity contribution in [2.75, 3.05) is 19.8 Å². The van der Waals surface area contributed by atoms with Crippen molar-refractivity contribution in [1.29, 1.82) is 0 Å². The lowest BCUT2D eigenvalue weighted by Gasteiger charge is -2.12. The topological polar surface area (TPSA) is 81.7 Å². The monoisotopic (exact) mass is 445 g/mol. The molecule has 1 heterocycles. The number of hydrogen-bond acceptors (Lipinski definition) is 6. The van der Waals surface area contributed by atoms with Gasteiger partial charge in [0.1, 0.15) is 5.78 Å². The van der Waals surface area contributed by atoms with Gasteiger partial charge >= 0.3 is 0 Å². The zero-order chi connectivity index (χ0) is 22.6. The minimum absolute atomic E-state index is 0.0160. The maximum Gasteiger partial charge on any atom is 0.220 e. The molecule has 31 heavy (non-hydrogen) atoms. The van der Waals surface area contributed by atoms with Gasteiger partial charge in [-0.1, -0.05) is 6.07 Å². The maximum absolute atomic E-state index is 12.1. The number of aryl methyl sites for hydroxylation is 1. The van der Waals surface area contributed by atoms with Crippen LogP contribution in [0.4, 0.5) is 0 Å². The van der Waals surface area contributed by atoms with Gasteiger partial charge in [0, 0.05) is 37.1 Å². The smallest absolute Gasteiger partial charge is 0.220 e. The Bertz CT molecular complexity index is 890. The first kappa shape index (κ1) is 24.6. The molecule has 2 rings (SSSR count). The number of Topliss-reactive ketones (excluding diaryl/α,β-unsaturated/α-hetero) is 2. The van der Waals surface area contributed by atoms with E-state index in [2.05, 4.69) is 5.32 Å². The van der Waals surface area contributed by atoms with E-state index in [4.69, 9.17) is 9.47 Å². The Labute approximate surface area is 187 Å². The third kappa shape index (κ3) is 8.53. The van der Waals surface area contributed by atoms with Gasteiger partial charge in [-0.15, -0.1) is 11.3 Å². The Hall–Kier alpha value is -2.67. The van der Waals surface area contributed by atoms with Crippen LogP contribution in [-0.4, -0.2) is 37.2 Å². The fourth-order valence-corrected chi connectivity index (χ4v) is 3.86. The van der Waals surface area contributed by atoms with Crippen LogP contribution in [0.1, 0.15) is 59.6 Å². The summed E-state index contributed by atoms with van der Waals surface area (Å²) in [5, 5.41) is 2.84. The molecule has 0 unspecified atom stereocenters. The van der Waals surface area contributed by atoms with Crippen molar-refractivity contribution in [2.45, 2.75) is 52.9 Å². The number of ether oxygens (including phenoxy) is 2. The summed E-state index contributed by atoms with van der Waals surface area (Å²) < 4.78 is 11.2. The molecular formula is C24H31NO5S. The van der Waals surface area contributed by atoms with Crippen LogP contribution >= 0.6 is 11.3 Å². The highest BCUT2D eigenvalue weighted by atomic mass is 32.1. The molecule has 7 heteroatoms. The number of rotatable bonds is 14. The van der Waals surface area contributed by atoms with Crippen LogP contribution in [0.15, 0.2) is 30.3 Å². The summed E-state index contributed by atoms with van der Waals surface area (Å²) in [6, 6.07) is 9.45. The van der Waals surface area contributed by atoms with Crippen molar-refractivity contribution in [3.63, 3.8) is 0 Å². The Morgan fingerprint density at radius 1 is 0.903 bits per heavy atom. The molecular weight excluding hydrogens is 414 g/mol. The van der Waals surface area contributed by atoms with Gasteiger partial charge in [0.25, 0.3) is 0 Å². The summed E-state index contributed by atoms with van der Waals surface area (Å²) >= 11 is 1.44. The highest BCUT2D eigenvalue weighted by Crippen LogP contribution is 2.28. The van der Waals surface area contributed by atoms with E-state index in [0.717, 1.165) is 10.4 Å². The Morgan fingerprint density at radius 3 is 2.29 bits per heavy atom. The number of hydrogen-bond donors (Lipinski definition) is 1. The third-order valence-electron chi connectivity index (χ3n) is 4.62. The van der Waals surface area contributed by atoms with Crippen molar-refractivity contribution in [3.8, 4) is 11.5 Å². The highest BCUT2D eigenvalue weighted by molar-refractivity contribution is 7.14. The van der Waals surface area contributed by atoms with Gasteiger partial charge in [-0.3, -0.25) is 14.4 Å². The molecule has 0 radical (unpaired) electrons. The zero-order valence-electron chi connectivity index (χ0n) is 18.5. The van der Waals surface area contributed by atoms with E-state index in [0.29, 0.717) is 42.6 Å². The van der Waals surface area contributed by atoms with Crippen molar-refractivity contribution in [3.05, 3.63) is 45.6 Å². The minimum Gasteiger partial charge on any atom is -0.490 e. The van der Waals surface area contributed by atoms with Gasteiger partial charge in [-0.2, -0.15) is 0 Å². The molecule has 0 saturated carbocycles. The number of carbonyl (C=O) groups is 3. The summed E-state index contributed by atoms with van der Waals surface area (Å²) in [5.74, 6) is 1.17. The van der Waals surface area contributed by atoms with E-state index in [1.807, 2.05) is 45.0 Å². The molecule has 0 saturated heterocycles. The molecule has 0 aliphatic heterocycles. The molecule has 1 aromatic carbocycles. The molecule has 0 atom stereocenters. The maximum atomic E-state index is 12.1. The van der Waals surface area contributed by atoms with E-state index in [1.165, 1.54) is 11.3 Å². The first-order chi connectivity index (χ1) is 14.9. The summed E-state index contributed by atoms with van der Waals surface area (Å²) in [5.41, 5.74) is 1.03. The molecule has 1 N–H and O–H groups in total. The number of ketones is 2. The number of amides is 1. The molecule has 0 bridgehead atoms. The predicted molar refractivity (Wildman–Crippen MR) is 122 cm³/mol. The molecule has 168 valence electrons. The van der Waals surface area contributed by atoms with Crippen LogP contribution in [-0.2, 0) is 16.0 Å². The standard InChI is InChI=1S/C24H31NO5S/c1-4-29-21-11-7-18(16-22(21)30-5-2)14-15-25-24(28)13-9-19(26)8-10-20(27)23-12-6-17(3)31-23/h6-7,11-12,16H,4-5,8-10,13-15H2,1-3H3,(H,25,28). The molecule has 2 aromatic rings. The van der Waals surface area contributed by atoms with Crippen LogP contribution in [0.3, 0.4) is 0 Å². The predicted octanol–water partition coefficient (Wildman–Crippen LogP) is 4.53. The van der Waals surface area contributed by atoms with E-state index in [-0.39, 0.29) is 43.2 Å². The fourth-order valence-electron chi connectivity index (χ4n) is 3.02. The fraction of sp³-hybridized carbons (Fsp3) is 0.458. The summed E-state index contributed by atoms with van der Waals surface area (Å²) in [7, 11) is 0. The molecule has 1 aromatic heterocycles. The molecule has 6 nitrogen and oxygen atoms in total. The summed E-state index contributed by atoms with van der Waals surface area (Å²) in [6.45, 7) is 7.38. The Morgan fingerprint density at radius 2 is 1.61 bits per heavy atom. The second-order valence-electron chi connectivity index (χ2n) is 7.12. The zero-order valence-corrected chi connectivity index (χ0v) is 19.3. The first-order valence-corrected chi connectivity index (χ1v) is 11.5.